The minimum absolute atomic E-state index is 2.23. The Morgan fingerprint density at radius 3 is 1.00 bits per heavy atom. The van der Waals surface area contributed by atoms with Crippen molar-refractivity contribution in [2.45, 2.75) is 24.7 Å². The predicted octanol–water partition coefficient (Wildman–Crippen LogP) is 3.97. The van der Waals surface area contributed by atoms with Crippen LogP contribution in [0, 0.1) is 0 Å². The Kier molecular flexibility index (Phi) is 6.09. The monoisotopic (exact) mass is 272 g/mol. The third-order valence-electron chi connectivity index (χ3n) is 0.804. The van der Waals surface area contributed by atoms with Crippen LogP contribution in [0.15, 0.2) is 0 Å². The Balaban J connectivity index is 0. The van der Waals surface area contributed by atoms with Gasteiger partial charge in [-0.05, 0) is 0 Å². The lowest BCUT2D eigenvalue weighted by Gasteiger charge is -2.17. The van der Waals surface area contributed by atoms with E-state index in [4.69, 9.17) is 0 Å². The second-order valence-electron chi connectivity index (χ2n) is 2.17. The van der Waals surface area contributed by atoms with Crippen LogP contribution in [0.1, 0.15) is 0 Å². The molecule has 0 N–H and O–H groups in total. The van der Waals surface area contributed by atoms with E-state index in [2.05, 4.69) is 0 Å². The van der Waals surface area contributed by atoms with Crippen molar-refractivity contribution in [3.63, 3.8) is 0 Å². The summed E-state index contributed by atoms with van der Waals surface area (Å²) in [4.78, 5) is 0. The lowest BCUT2D eigenvalue weighted by Crippen LogP contribution is -2.42. The number of alkyl halides is 11. The SMILES string of the molecule is FC(F)C(F)(F)C(F)(F)F.FCC(F)(F)F. The fourth-order valence-electron chi connectivity index (χ4n) is 0.124. The molecule has 0 bridgehead atoms. The van der Waals surface area contributed by atoms with E-state index in [1.807, 2.05) is 0 Å². The van der Waals surface area contributed by atoms with Gasteiger partial charge in [-0.15, -0.1) is 0 Å². The summed E-state index contributed by atoms with van der Waals surface area (Å²) in [5, 5.41) is 0. The highest BCUT2D eigenvalue weighted by Crippen LogP contribution is 2.39. The standard InChI is InChI=1S/C3HF7.C2H2F4/c4-1(5)2(6,7)3(8,9)10;3-1-2(4,5)6/h1H;1H2. The quantitative estimate of drug-likeness (QED) is 0.633. The molecule has 0 atom stereocenters. The van der Waals surface area contributed by atoms with E-state index in [-0.39, 0.29) is 0 Å². The van der Waals surface area contributed by atoms with Crippen molar-refractivity contribution in [2.24, 2.45) is 0 Å². The molecule has 0 heterocycles. The predicted molar refractivity (Wildman–Crippen MR) is 29.0 cm³/mol. The van der Waals surface area contributed by atoms with Gasteiger partial charge in [0.2, 0.25) is 0 Å². The first-order chi connectivity index (χ1) is 6.75. The van der Waals surface area contributed by atoms with Crippen LogP contribution < -0.4 is 0 Å². The van der Waals surface area contributed by atoms with Crippen LogP contribution in [0.5, 0.6) is 0 Å². The van der Waals surface area contributed by atoms with E-state index in [0.717, 1.165) is 0 Å². The lowest BCUT2D eigenvalue weighted by molar-refractivity contribution is -0.320. The molecule has 0 saturated heterocycles. The van der Waals surface area contributed by atoms with E-state index >= 15 is 0 Å². The van der Waals surface area contributed by atoms with Gasteiger partial charge in [-0.3, -0.25) is 0 Å². The summed E-state index contributed by atoms with van der Waals surface area (Å²) in [5.74, 6) is -5.90. The molecular formula is C5H3F11. The summed E-state index contributed by atoms with van der Waals surface area (Å²) < 4.78 is 118. The highest BCUT2D eigenvalue weighted by atomic mass is 19.4. The Labute approximate surface area is 81.0 Å². The molecule has 0 radical (unpaired) electrons. The van der Waals surface area contributed by atoms with E-state index < -0.39 is 31.4 Å². The summed E-state index contributed by atoms with van der Waals surface area (Å²) in [6, 6.07) is 0. The van der Waals surface area contributed by atoms with Gasteiger partial charge < -0.3 is 0 Å². The van der Waals surface area contributed by atoms with Gasteiger partial charge in [0.15, 0.2) is 6.67 Å². The molecule has 0 nitrogen and oxygen atoms in total. The molecule has 0 aromatic heterocycles. The van der Waals surface area contributed by atoms with Crippen molar-refractivity contribution < 1.29 is 48.3 Å². The van der Waals surface area contributed by atoms with Gasteiger partial charge >= 0.3 is 24.7 Å². The van der Waals surface area contributed by atoms with Crippen LogP contribution >= 0.6 is 0 Å². The average Bonchev–Trinajstić information content (AvgIpc) is 2.01. The van der Waals surface area contributed by atoms with Gasteiger partial charge in [0.1, 0.15) is 0 Å². The van der Waals surface area contributed by atoms with Crippen molar-refractivity contribution in [2.75, 3.05) is 6.67 Å². The van der Waals surface area contributed by atoms with Crippen molar-refractivity contribution >= 4 is 0 Å². The van der Waals surface area contributed by atoms with Crippen molar-refractivity contribution in [3.05, 3.63) is 0 Å². The van der Waals surface area contributed by atoms with Crippen molar-refractivity contribution in [1.82, 2.24) is 0 Å². The molecule has 0 spiro atoms. The third-order valence-corrected chi connectivity index (χ3v) is 0.804. The molecule has 16 heavy (non-hydrogen) atoms. The molecule has 0 rings (SSSR count). The van der Waals surface area contributed by atoms with E-state index in [0.29, 0.717) is 0 Å². The molecule has 0 amide bonds. The highest BCUT2D eigenvalue weighted by molar-refractivity contribution is 4.77. The highest BCUT2D eigenvalue weighted by Gasteiger charge is 2.64. The Morgan fingerprint density at radius 1 is 0.750 bits per heavy atom. The number of hydrogen-bond acceptors (Lipinski definition) is 0. The maximum Gasteiger partial charge on any atom is 0.459 e. The van der Waals surface area contributed by atoms with Gasteiger partial charge in [-0.25, -0.2) is 13.2 Å². The largest absolute Gasteiger partial charge is 0.459 e. The minimum atomic E-state index is -6.17. The van der Waals surface area contributed by atoms with Gasteiger partial charge in [0.25, 0.3) is 0 Å². The molecule has 0 unspecified atom stereocenters. The second-order valence-corrected chi connectivity index (χ2v) is 2.17. The summed E-state index contributed by atoms with van der Waals surface area (Å²) in [7, 11) is 0. The summed E-state index contributed by atoms with van der Waals surface area (Å²) in [6.07, 6.45) is -15.5. The first-order valence-electron chi connectivity index (χ1n) is 3.11. The summed E-state index contributed by atoms with van der Waals surface area (Å²) >= 11 is 0. The number of rotatable bonds is 1. The molecule has 0 aliphatic rings. The zero-order chi connectivity index (χ0) is 13.8. The van der Waals surface area contributed by atoms with Crippen LogP contribution in [0.3, 0.4) is 0 Å². The van der Waals surface area contributed by atoms with Crippen LogP contribution in [0.25, 0.3) is 0 Å². The van der Waals surface area contributed by atoms with Crippen molar-refractivity contribution in [1.29, 1.82) is 0 Å². The van der Waals surface area contributed by atoms with Crippen LogP contribution in [-0.4, -0.2) is 31.4 Å². The summed E-state index contributed by atoms with van der Waals surface area (Å²) in [5.41, 5.74) is 0. The van der Waals surface area contributed by atoms with Crippen LogP contribution in [0.2, 0.25) is 0 Å². The molecule has 0 fully saturated rings. The third kappa shape index (κ3) is 6.67. The smallest absolute Gasteiger partial charge is 0.241 e. The number of hydrogen-bond donors (Lipinski definition) is 0. The first kappa shape index (κ1) is 17.6. The van der Waals surface area contributed by atoms with Gasteiger partial charge in [0, 0.05) is 0 Å². The Morgan fingerprint density at radius 2 is 1.00 bits per heavy atom. The first-order valence-corrected chi connectivity index (χ1v) is 3.11. The zero-order valence-corrected chi connectivity index (χ0v) is 6.94. The molecule has 0 aromatic carbocycles. The minimum Gasteiger partial charge on any atom is -0.241 e. The Hall–Kier alpha value is -0.770. The van der Waals surface area contributed by atoms with Gasteiger partial charge in [-0.1, -0.05) is 0 Å². The van der Waals surface area contributed by atoms with Gasteiger partial charge in [-0.2, -0.15) is 35.1 Å². The van der Waals surface area contributed by atoms with E-state index in [9.17, 15) is 48.3 Å². The molecule has 0 aliphatic heterocycles. The molecule has 100 valence electrons. The number of halogens is 11. The summed E-state index contributed by atoms with van der Waals surface area (Å²) in [6.45, 7) is -2.23. The lowest BCUT2D eigenvalue weighted by atomic mass is 10.3. The molecule has 11 heteroatoms. The maximum atomic E-state index is 11.2. The average molecular weight is 272 g/mol. The van der Waals surface area contributed by atoms with E-state index in [1.54, 1.807) is 0 Å². The van der Waals surface area contributed by atoms with Crippen LogP contribution in [0.4, 0.5) is 48.3 Å². The Bertz CT molecular complexity index is 186. The molecule has 0 aromatic rings. The van der Waals surface area contributed by atoms with E-state index in [1.165, 1.54) is 0 Å². The fraction of sp³-hybridized carbons (Fsp3) is 1.00. The normalized spacial score (nSPS) is 13.5. The molecule has 0 aliphatic carbocycles. The maximum absolute atomic E-state index is 11.2. The van der Waals surface area contributed by atoms with Crippen LogP contribution in [-0.2, 0) is 0 Å². The van der Waals surface area contributed by atoms with Gasteiger partial charge in [0.05, 0.1) is 0 Å². The second kappa shape index (κ2) is 5.53. The van der Waals surface area contributed by atoms with Crippen molar-refractivity contribution in [3.8, 4) is 0 Å². The molecular weight excluding hydrogens is 269 g/mol. The zero-order valence-electron chi connectivity index (χ0n) is 6.94. The topological polar surface area (TPSA) is 0 Å². The fourth-order valence-corrected chi connectivity index (χ4v) is 0.124. The molecule has 0 saturated carbocycles.